The molecule has 6 heteroatoms. The molecule has 1 saturated heterocycles. The van der Waals surface area contributed by atoms with Crippen LogP contribution in [0.1, 0.15) is 37.7 Å². The minimum Gasteiger partial charge on any atom is -0.370 e. The summed E-state index contributed by atoms with van der Waals surface area (Å²) < 4.78 is 0. The molecule has 0 radical (unpaired) electrons. The van der Waals surface area contributed by atoms with Crippen molar-refractivity contribution in [1.29, 1.82) is 0 Å². The number of amides is 1. The Morgan fingerprint density at radius 2 is 2.28 bits per heavy atom. The maximum atomic E-state index is 11.2. The highest BCUT2D eigenvalue weighted by molar-refractivity contribution is 6.30. The van der Waals surface area contributed by atoms with Crippen molar-refractivity contribution in [1.82, 2.24) is 10.2 Å². The Hall–Kier alpha value is -1.75. The predicted octanol–water partition coefficient (Wildman–Crippen LogP) is 2.53. The normalized spacial score (nSPS) is 22.6. The van der Waals surface area contributed by atoms with Crippen LogP contribution < -0.4 is 11.1 Å². The van der Waals surface area contributed by atoms with Gasteiger partial charge in [0.2, 0.25) is 5.91 Å². The Balaban J connectivity index is 1.60. The lowest BCUT2D eigenvalue weighted by Gasteiger charge is -2.35. The van der Waals surface area contributed by atoms with Gasteiger partial charge in [-0.1, -0.05) is 23.7 Å². The van der Waals surface area contributed by atoms with Crippen LogP contribution in [0, 0.1) is 5.92 Å². The first-order valence-electron chi connectivity index (χ1n) is 9.02. The number of hydrogen-bond donors (Lipinski definition) is 2. The van der Waals surface area contributed by atoms with Crippen molar-refractivity contribution < 1.29 is 4.79 Å². The molecule has 1 aliphatic heterocycles. The van der Waals surface area contributed by atoms with Crippen LogP contribution in [0.4, 0.5) is 0 Å². The number of rotatable bonds is 5. The zero-order chi connectivity index (χ0) is 17.9. The lowest BCUT2D eigenvalue weighted by molar-refractivity contribution is -0.119. The maximum absolute atomic E-state index is 11.2. The minimum absolute atomic E-state index is 0.170. The van der Waals surface area contributed by atoms with Gasteiger partial charge in [-0.25, -0.2) is 0 Å². The van der Waals surface area contributed by atoms with E-state index < -0.39 is 0 Å². The number of piperidine rings is 1. The largest absolute Gasteiger partial charge is 0.370 e. The number of likely N-dealkylation sites (tertiary alicyclic amines) is 1. The van der Waals surface area contributed by atoms with E-state index in [2.05, 4.69) is 27.3 Å². The molecule has 0 aromatic heterocycles. The number of carbonyl (C=O) groups excluding carboxylic acids is 1. The number of aliphatic imine (C=N–C) groups is 1. The summed E-state index contributed by atoms with van der Waals surface area (Å²) in [6, 6.07) is 8.17. The molecule has 3 N–H and O–H groups in total. The number of nitrogens with one attached hydrogen (secondary N) is 1. The van der Waals surface area contributed by atoms with E-state index >= 15 is 0 Å². The van der Waals surface area contributed by atoms with Crippen LogP contribution in [0.15, 0.2) is 29.3 Å². The molecule has 2 fully saturated rings. The van der Waals surface area contributed by atoms with Gasteiger partial charge in [0.05, 0.1) is 0 Å². The predicted molar refractivity (Wildman–Crippen MR) is 102 cm³/mol. The van der Waals surface area contributed by atoms with Crippen molar-refractivity contribution in [3.05, 3.63) is 34.9 Å². The van der Waals surface area contributed by atoms with E-state index in [1.54, 1.807) is 0 Å². The summed E-state index contributed by atoms with van der Waals surface area (Å²) in [5.41, 5.74) is 6.83. The van der Waals surface area contributed by atoms with E-state index in [0.717, 1.165) is 43.5 Å². The molecule has 1 unspecified atom stereocenters. The van der Waals surface area contributed by atoms with E-state index in [9.17, 15) is 4.79 Å². The highest BCUT2D eigenvalue weighted by Crippen LogP contribution is 2.48. The van der Waals surface area contributed by atoms with Crippen LogP contribution in [-0.2, 0) is 10.2 Å². The van der Waals surface area contributed by atoms with Gasteiger partial charge in [0.15, 0.2) is 5.96 Å². The van der Waals surface area contributed by atoms with Crippen molar-refractivity contribution in [2.45, 2.75) is 37.5 Å². The average Bonchev–Trinajstić information content (AvgIpc) is 3.36. The van der Waals surface area contributed by atoms with Crippen LogP contribution >= 0.6 is 11.6 Å². The third kappa shape index (κ3) is 4.46. The van der Waals surface area contributed by atoms with Crippen LogP contribution in [0.25, 0.3) is 0 Å². The standard InChI is InChI=1S/C19H27ClN4O/c1-22-18(24-9-3-4-14(12-24)10-17(21)25)23-13-19(7-8-19)15-5-2-6-16(20)11-15/h2,5-6,11,14H,3-4,7-10,12-13H2,1H3,(H2,21,25)(H,22,23). The van der Waals surface area contributed by atoms with Gasteiger partial charge in [-0.3, -0.25) is 9.79 Å². The second-order valence-electron chi connectivity index (χ2n) is 7.32. The molecule has 25 heavy (non-hydrogen) atoms. The number of hydrogen-bond acceptors (Lipinski definition) is 2. The Morgan fingerprint density at radius 3 is 2.92 bits per heavy atom. The van der Waals surface area contributed by atoms with Crippen LogP contribution in [0.2, 0.25) is 5.02 Å². The molecule has 2 aliphatic rings. The number of nitrogens with two attached hydrogens (primary N) is 1. The molecule has 1 aromatic rings. The monoisotopic (exact) mass is 362 g/mol. The molecule has 1 aliphatic carbocycles. The summed E-state index contributed by atoms with van der Waals surface area (Å²) >= 11 is 6.16. The molecule has 1 atom stereocenters. The first-order chi connectivity index (χ1) is 12.0. The molecule has 1 aromatic carbocycles. The van der Waals surface area contributed by atoms with E-state index in [0.29, 0.717) is 12.3 Å². The van der Waals surface area contributed by atoms with Gasteiger partial charge < -0.3 is 16.0 Å². The maximum Gasteiger partial charge on any atom is 0.217 e. The van der Waals surface area contributed by atoms with Gasteiger partial charge in [0.1, 0.15) is 0 Å². The molecular weight excluding hydrogens is 336 g/mol. The topological polar surface area (TPSA) is 70.7 Å². The van der Waals surface area contributed by atoms with Gasteiger partial charge in [0.25, 0.3) is 0 Å². The smallest absolute Gasteiger partial charge is 0.217 e. The summed E-state index contributed by atoms with van der Waals surface area (Å²) in [5, 5.41) is 4.34. The van der Waals surface area contributed by atoms with E-state index in [-0.39, 0.29) is 11.3 Å². The number of halogens is 1. The van der Waals surface area contributed by atoms with E-state index in [1.165, 1.54) is 18.4 Å². The Kier molecular flexibility index (Phi) is 5.52. The second kappa shape index (κ2) is 7.65. The fourth-order valence-electron chi connectivity index (χ4n) is 3.83. The molecule has 1 saturated carbocycles. The SMILES string of the molecule is CN=C(NCC1(c2cccc(Cl)c2)CC1)N1CCCC(CC(N)=O)C1. The molecule has 1 amide bonds. The number of benzene rings is 1. The molecule has 136 valence electrons. The minimum atomic E-state index is -0.215. The van der Waals surface area contributed by atoms with Crippen molar-refractivity contribution in [2.75, 3.05) is 26.7 Å². The third-order valence-corrected chi connectivity index (χ3v) is 5.63. The number of carbonyl (C=O) groups is 1. The molecular formula is C19H27ClN4O. The second-order valence-corrected chi connectivity index (χ2v) is 7.75. The van der Waals surface area contributed by atoms with Gasteiger partial charge in [-0.15, -0.1) is 0 Å². The Morgan fingerprint density at radius 1 is 1.48 bits per heavy atom. The zero-order valence-electron chi connectivity index (χ0n) is 14.8. The number of guanidine groups is 1. The van der Waals surface area contributed by atoms with Crippen molar-refractivity contribution in [3.63, 3.8) is 0 Å². The van der Waals surface area contributed by atoms with Gasteiger partial charge in [-0.05, 0) is 49.3 Å². The highest BCUT2D eigenvalue weighted by Gasteiger charge is 2.44. The molecule has 5 nitrogen and oxygen atoms in total. The van der Waals surface area contributed by atoms with Crippen molar-refractivity contribution >= 4 is 23.5 Å². The van der Waals surface area contributed by atoms with Crippen molar-refractivity contribution in [3.8, 4) is 0 Å². The summed E-state index contributed by atoms with van der Waals surface area (Å²) in [7, 11) is 1.82. The van der Waals surface area contributed by atoms with Gasteiger partial charge >= 0.3 is 0 Å². The summed E-state index contributed by atoms with van der Waals surface area (Å²) in [6.07, 6.45) is 4.92. The Labute approximate surface area is 154 Å². The van der Waals surface area contributed by atoms with Gasteiger partial charge in [-0.2, -0.15) is 0 Å². The van der Waals surface area contributed by atoms with Gasteiger partial charge in [0, 0.05) is 43.5 Å². The first kappa shape index (κ1) is 18.1. The Bertz CT molecular complexity index is 657. The molecule has 0 spiro atoms. The summed E-state index contributed by atoms with van der Waals surface area (Å²) in [6.45, 7) is 2.67. The quantitative estimate of drug-likeness (QED) is 0.624. The average molecular weight is 363 g/mol. The van der Waals surface area contributed by atoms with Crippen LogP contribution in [0.5, 0.6) is 0 Å². The first-order valence-corrected chi connectivity index (χ1v) is 9.40. The fraction of sp³-hybridized carbons (Fsp3) is 0.579. The number of primary amides is 1. The highest BCUT2D eigenvalue weighted by atomic mass is 35.5. The van der Waals surface area contributed by atoms with E-state index in [1.807, 2.05) is 19.2 Å². The fourth-order valence-corrected chi connectivity index (χ4v) is 4.02. The van der Waals surface area contributed by atoms with Crippen LogP contribution in [0.3, 0.4) is 0 Å². The van der Waals surface area contributed by atoms with Crippen molar-refractivity contribution in [2.24, 2.45) is 16.6 Å². The molecule has 3 rings (SSSR count). The lowest BCUT2D eigenvalue weighted by atomic mass is 9.94. The number of nitrogens with zero attached hydrogens (tertiary/aromatic N) is 2. The lowest BCUT2D eigenvalue weighted by Crippen LogP contribution is -2.48. The summed E-state index contributed by atoms with van der Waals surface area (Å²) in [4.78, 5) is 17.9. The molecule has 1 heterocycles. The zero-order valence-corrected chi connectivity index (χ0v) is 15.6. The summed E-state index contributed by atoms with van der Waals surface area (Å²) in [5.74, 6) is 1.03. The molecule has 0 bridgehead atoms. The van der Waals surface area contributed by atoms with E-state index in [4.69, 9.17) is 17.3 Å². The third-order valence-electron chi connectivity index (χ3n) is 5.40. The van der Waals surface area contributed by atoms with Crippen LogP contribution in [-0.4, -0.2) is 43.4 Å².